The third-order valence-electron chi connectivity index (χ3n) is 6.27. The zero-order valence-electron chi connectivity index (χ0n) is 18.4. The molecule has 2 fully saturated rings. The molecule has 11 heteroatoms. The van der Waals surface area contributed by atoms with Crippen LogP contribution in [0.3, 0.4) is 0 Å². The summed E-state index contributed by atoms with van der Waals surface area (Å²) < 4.78 is 27.6. The van der Waals surface area contributed by atoms with Crippen molar-refractivity contribution in [3.63, 3.8) is 0 Å². The molecular weight excluding hydrogens is 430 g/mol. The molecule has 32 heavy (non-hydrogen) atoms. The van der Waals surface area contributed by atoms with E-state index in [2.05, 4.69) is 27.5 Å². The van der Waals surface area contributed by atoms with Crippen molar-refractivity contribution >= 4 is 22.6 Å². The first-order chi connectivity index (χ1) is 15.6. The standard InChI is InChI=1S/C21H29N7O3S/c1-14-13-27(32(2)29)7-4-18(14)24-21-25-20-19(31-16-5-9-30-10-6-16)17(3-8-28(20)26-21)15-11-22-23-12-15/h3,8,11-12,14,16,18H,4-7,9-10,13H2,1-2H3,(H,22,23)(H,24,26). The maximum Gasteiger partial charge on any atom is 0.243 e. The highest BCUT2D eigenvalue weighted by Gasteiger charge is 2.29. The number of hydrogen-bond donors (Lipinski definition) is 2. The topological polar surface area (TPSA) is 110 Å². The molecule has 2 aliphatic heterocycles. The molecule has 10 nitrogen and oxygen atoms in total. The number of anilines is 1. The largest absolute Gasteiger partial charge is 0.486 e. The maximum atomic E-state index is 11.8. The normalized spacial score (nSPS) is 23.9. The van der Waals surface area contributed by atoms with Crippen LogP contribution in [0.5, 0.6) is 5.75 Å². The van der Waals surface area contributed by atoms with Crippen molar-refractivity contribution < 1.29 is 13.7 Å². The van der Waals surface area contributed by atoms with Crippen LogP contribution in [0.1, 0.15) is 26.2 Å². The predicted octanol–water partition coefficient (Wildman–Crippen LogP) is 2.09. The van der Waals surface area contributed by atoms with Gasteiger partial charge in [0.05, 0.1) is 30.4 Å². The smallest absolute Gasteiger partial charge is 0.243 e. The Kier molecular flexibility index (Phi) is 6.11. The van der Waals surface area contributed by atoms with Crippen LogP contribution < -0.4 is 10.1 Å². The van der Waals surface area contributed by atoms with Crippen LogP contribution in [-0.4, -0.2) is 78.0 Å². The van der Waals surface area contributed by atoms with Gasteiger partial charge >= 0.3 is 0 Å². The van der Waals surface area contributed by atoms with Crippen molar-refractivity contribution in [1.29, 1.82) is 0 Å². The molecule has 3 unspecified atom stereocenters. The molecule has 0 radical (unpaired) electrons. The zero-order chi connectivity index (χ0) is 22.1. The number of piperidine rings is 1. The minimum Gasteiger partial charge on any atom is -0.486 e. The van der Waals surface area contributed by atoms with E-state index in [9.17, 15) is 4.21 Å². The zero-order valence-corrected chi connectivity index (χ0v) is 19.2. The Labute approximate surface area is 189 Å². The minimum atomic E-state index is -0.934. The highest BCUT2D eigenvalue weighted by Crippen LogP contribution is 2.35. The fraction of sp³-hybridized carbons (Fsp3) is 0.571. The van der Waals surface area contributed by atoms with Gasteiger partial charge < -0.3 is 14.8 Å². The molecule has 0 amide bonds. The molecular formula is C21H29N7O3S. The highest BCUT2D eigenvalue weighted by atomic mass is 32.2. The van der Waals surface area contributed by atoms with Crippen LogP contribution in [0.15, 0.2) is 24.7 Å². The Bertz CT molecular complexity index is 1080. The van der Waals surface area contributed by atoms with E-state index in [1.807, 2.05) is 22.8 Å². The molecule has 3 aromatic heterocycles. The van der Waals surface area contributed by atoms with Gasteiger partial charge in [0.1, 0.15) is 6.10 Å². The van der Waals surface area contributed by atoms with Crippen molar-refractivity contribution in [2.24, 2.45) is 5.92 Å². The Balaban J connectivity index is 1.43. The van der Waals surface area contributed by atoms with Crippen molar-refractivity contribution in [3.8, 4) is 16.9 Å². The fourth-order valence-electron chi connectivity index (χ4n) is 4.41. The van der Waals surface area contributed by atoms with E-state index in [0.29, 0.717) is 36.5 Å². The summed E-state index contributed by atoms with van der Waals surface area (Å²) in [5, 5.41) is 15.1. The molecule has 0 spiro atoms. The van der Waals surface area contributed by atoms with E-state index >= 15 is 0 Å². The third kappa shape index (κ3) is 4.37. The number of nitrogens with one attached hydrogen (secondary N) is 2. The van der Waals surface area contributed by atoms with Gasteiger partial charge in [0.2, 0.25) is 5.95 Å². The summed E-state index contributed by atoms with van der Waals surface area (Å²) >= 11 is 0. The number of hydrogen-bond acceptors (Lipinski definition) is 7. The molecule has 0 bridgehead atoms. The summed E-state index contributed by atoms with van der Waals surface area (Å²) in [5.74, 6) is 1.62. The van der Waals surface area contributed by atoms with Gasteiger partial charge in [0.15, 0.2) is 11.4 Å². The van der Waals surface area contributed by atoms with E-state index in [0.717, 1.165) is 43.5 Å². The van der Waals surface area contributed by atoms with Crippen LogP contribution >= 0.6 is 0 Å². The number of H-pyrrole nitrogens is 1. The quantitative estimate of drug-likeness (QED) is 0.581. The van der Waals surface area contributed by atoms with Crippen LogP contribution in [-0.2, 0) is 15.7 Å². The lowest BCUT2D eigenvalue weighted by Gasteiger charge is -2.35. The molecule has 0 aromatic carbocycles. The van der Waals surface area contributed by atoms with Gasteiger partial charge in [-0.2, -0.15) is 10.1 Å². The van der Waals surface area contributed by atoms with Gasteiger partial charge in [0, 0.05) is 61.7 Å². The van der Waals surface area contributed by atoms with Crippen LogP contribution in [0.4, 0.5) is 5.95 Å². The Morgan fingerprint density at radius 1 is 1.31 bits per heavy atom. The number of pyridine rings is 1. The fourth-order valence-corrected chi connectivity index (χ4v) is 5.22. The third-order valence-corrected chi connectivity index (χ3v) is 7.33. The second-order valence-electron chi connectivity index (χ2n) is 8.51. The van der Waals surface area contributed by atoms with E-state index in [4.69, 9.17) is 14.5 Å². The van der Waals surface area contributed by atoms with Gasteiger partial charge in [-0.15, -0.1) is 5.10 Å². The lowest BCUT2D eigenvalue weighted by molar-refractivity contribution is 0.0262. The average molecular weight is 460 g/mol. The lowest BCUT2D eigenvalue weighted by atomic mass is 9.95. The number of rotatable bonds is 6. The monoisotopic (exact) mass is 459 g/mol. The van der Waals surface area contributed by atoms with Crippen molar-refractivity contribution in [1.82, 2.24) is 29.1 Å². The lowest BCUT2D eigenvalue weighted by Crippen LogP contribution is -2.45. The van der Waals surface area contributed by atoms with Crippen molar-refractivity contribution in [3.05, 3.63) is 24.7 Å². The Morgan fingerprint density at radius 3 is 2.88 bits per heavy atom. The summed E-state index contributed by atoms with van der Waals surface area (Å²) in [6, 6.07) is 2.21. The van der Waals surface area contributed by atoms with Crippen LogP contribution in [0.25, 0.3) is 16.8 Å². The number of nitrogens with zero attached hydrogens (tertiary/aromatic N) is 5. The van der Waals surface area contributed by atoms with E-state index < -0.39 is 11.0 Å². The molecule has 2 saturated heterocycles. The van der Waals surface area contributed by atoms with Gasteiger partial charge in [-0.05, 0) is 18.4 Å². The number of ether oxygens (including phenoxy) is 2. The second-order valence-corrected chi connectivity index (χ2v) is 9.87. The summed E-state index contributed by atoms with van der Waals surface area (Å²) in [6.45, 7) is 5.15. The Hall–Kier alpha value is -2.50. The van der Waals surface area contributed by atoms with Crippen LogP contribution in [0.2, 0.25) is 0 Å². The van der Waals surface area contributed by atoms with E-state index in [-0.39, 0.29) is 12.1 Å². The summed E-state index contributed by atoms with van der Waals surface area (Å²) in [5.41, 5.74) is 2.56. The van der Waals surface area contributed by atoms with E-state index in [1.54, 1.807) is 17.0 Å². The first-order valence-electron chi connectivity index (χ1n) is 11.1. The molecule has 5 heterocycles. The first-order valence-corrected chi connectivity index (χ1v) is 12.6. The van der Waals surface area contributed by atoms with Crippen molar-refractivity contribution in [2.45, 2.75) is 38.3 Å². The highest BCUT2D eigenvalue weighted by molar-refractivity contribution is 7.81. The van der Waals surface area contributed by atoms with Crippen LogP contribution in [0, 0.1) is 5.92 Å². The van der Waals surface area contributed by atoms with Crippen molar-refractivity contribution in [2.75, 3.05) is 37.9 Å². The predicted molar refractivity (Wildman–Crippen MR) is 122 cm³/mol. The molecule has 172 valence electrons. The Morgan fingerprint density at radius 2 is 2.16 bits per heavy atom. The summed E-state index contributed by atoms with van der Waals surface area (Å²) in [7, 11) is -0.934. The van der Waals surface area contributed by atoms with E-state index in [1.165, 1.54) is 0 Å². The van der Waals surface area contributed by atoms with Gasteiger partial charge in [-0.25, -0.2) is 13.0 Å². The number of aromatic nitrogens is 5. The van der Waals surface area contributed by atoms with Gasteiger partial charge in [0.25, 0.3) is 0 Å². The molecule has 2 N–H and O–H groups in total. The second kappa shape index (κ2) is 9.16. The molecule has 3 aromatic rings. The minimum absolute atomic E-state index is 0.0768. The molecule has 0 aliphatic carbocycles. The number of fused-ring (bicyclic) bond motifs is 1. The summed E-state index contributed by atoms with van der Waals surface area (Å²) in [4.78, 5) is 4.81. The SMILES string of the molecule is CC1CN(S(C)=O)CCC1Nc1nc2c(OC3CCOCC3)c(-c3cn[nH]c3)ccn2n1. The maximum absolute atomic E-state index is 11.8. The molecule has 0 saturated carbocycles. The number of aromatic amines is 1. The first kappa shape index (κ1) is 21.4. The van der Waals surface area contributed by atoms with Gasteiger partial charge in [-0.3, -0.25) is 5.10 Å². The molecule has 5 rings (SSSR count). The molecule has 3 atom stereocenters. The average Bonchev–Trinajstić information content (AvgIpc) is 3.46. The molecule has 2 aliphatic rings. The summed E-state index contributed by atoms with van der Waals surface area (Å²) in [6.07, 6.45) is 9.94. The van der Waals surface area contributed by atoms with Gasteiger partial charge in [-0.1, -0.05) is 6.92 Å².